The largest absolute Gasteiger partial charge is 0.346 e. The molecule has 1 aliphatic heterocycles. The van der Waals surface area contributed by atoms with E-state index in [9.17, 15) is 4.79 Å². The Morgan fingerprint density at radius 1 is 0.967 bits per heavy atom. The Bertz CT molecular complexity index is 1040. The number of carbonyl (C=O) groups excluding carboxylic acids is 1. The van der Waals surface area contributed by atoms with Crippen molar-refractivity contribution in [2.45, 2.75) is 39.5 Å². The number of hydrogen-bond donors (Lipinski definition) is 2. The van der Waals surface area contributed by atoms with Gasteiger partial charge in [-0.2, -0.15) is 0 Å². The molecule has 0 radical (unpaired) electrons. The zero-order valence-electron chi connectivity index (χ0n) is 18.1. The first-order chi connectivity index (χ1) is 14.6. The molecule has 1 amide bonds. The summed E-state index contributed by atoms with van der Waals surface area (Å²) in [6.45, 7) is 8.38. The third kappa shape index (κ3) is 4.71. The molecular weight excluding hydrogens is 370 g/mol. The van der Waals surface area contributed by atoms with Crippen molar-refractivity contribution in [3.05, 3.63) is 65.2 Å². The van der Waals surface area contributed by atoms with Gasteiger partial charge in [-0.15, -0.1) is 0 Å². The average molecular weight is 403 g/mol. The lowest BCUT2D eigenvalue weighted by Crippen LogP contribution is -3.12. The SMILES string of the molecule is Cc1ccc(-c2cc(C(=O)NCC[NH+]3CCCCCC3)c3ccccc3n2)cc1C. The van der Waals surface area contributed by atoms with Crippen molar-refractivity contribution in [3.8, 4) is 11.3 Å². The lowest BCUT2D eigenvalue weighted by Gasteiger charge is -2.17. The minimum Gasteiger partial charge on any atom is -0.346 e. The molecule has 0 unspecified atom stereocenters. The maximum Gasteiger partial charge on any atom is 0.252 e. The van der Waals surface area contributed by atoms with Gasteiger partial charge in [-0.25, -0.2) is 4.98 Å². The number of fused-ring (bicyclic) bond motifs is 1. The van der Waals surface area contributed by atoms with E-state index in [2.05, 4.69) is 37.4 Å². The highest BCUT2D eigenvalue weighted by Crippen LogP contribution is 2.26. The normalized spacial score (nSPS) is 15.1. The van der Waals surface area contributed by atoms with E-state index >= 15 is 0 Å². The number of carbonyl (C=O) groups is 1. The van der Waals surface area contributed by atoms with E-state index < -0.39 is 0 Å². The topological polar surface area (TPSA) is 46.4 Å². The van der Waals surface area contributed by atoms with Crippen LogP contribution >= 0.6 is 0 Å². The molecule has 0 saturated carbocycles. The maximum absolute atomic E-state index is 13.1. The van der Waals surface area contributed by atoms with Gasteiger partial charge in [0.05, 0.1) is 43.0 Å². The standard InChI is InChI=1S/C26H31N3O/c1-19-11-12-21(17-20(19)2)25-18-23(22-9-5-6-10-24(22)28-25)26(30)27-13-16-29-14-7-3-4-8-15-29/h5-6,9-12,17-18H,3-4,7-8,13-16H2,1-2H3,(H,27,30)/p+1. The molecule has 0 atom stereocenters. The first-order valence-electron chi connectivity index (χ1n) is 11.2. The Balaban J connectivity index is 1.57. The number of likely N-dealkylation sites (tertiary alicyclic amines) is 1. The van der Waals surface area contributed by atoms with Crippen LogP contribution < -0.4 is 10.2 Å². The molecule has 1 aliphatic rings. The van der Waals surface area contributed by atoms with Crippen molar-refractivity contribution >= 4 is 16.8 Å². The van der Waals surface area contributed by atoms with Gasteiger partial charge in [-0.1, -0.05) is 30.3 Å². The summed E-state index contributed by atoms with van der Waals surface area (Å²) in [5.41, 5.74) is 5.95. The number of amides is 1. The molecule has 0 spiro atoms. The summed E-state index contributed by atoms with van der Waals surface area (Å²) in [6, 6.07) is 16.2. The zero-order chi connectivity index (χ0) is 20.9. The van der Waals surface area contributed by atoms with Gasteiger partial charge in [0.15, 0.2) is 0 Å². The Morgan fingerprint density at radius 3 is 2.50 bits per heavy atom. The van der Waals surface area contributed by atoms with Gasteiger partial charge in [0.25, 0.3) is 5.91 Å². The second-order valence-corrected chi connectivity index (χ2v) is 8.54. The van der Waals surface area contributed by atoms with Crippen LogP contribution in [0.4, 0.5) is 0 Å². The van der Waals surface area contributed by atoms with Gasteiger partial charge in [-0.3, -0.25) is 4.79 Å². The van der Waals surface area contributed by atoms with E-state index in [1.165, 1.54) is 49.9 Å². The zero-order valence-corrected chi connectivity index (χ0v) is 18.1. The van der Waals surface area contributed by atoms with Crippen molar-refractivity contribution in [2.24, 2.45) is 0 Å². The van der Waals surface area contributed by atoms with Crippen LogP contribution in [0.3, 0.4) is 0 Å². The summed E-state index contributed by atoms with van der Waals surface area (Å²) < 4.78 is 0. The van der Waals surface area contributed by atoms with Crippen molar-refractivity contribution in [1.29, 1.82) is 0 Å². The fourth-order valence-corrected chi connectivity index (χ4v) is 4.34. The highest BCUT2D eigenvalue weighted by Gasteiger charge is 2.16. The molecule has 2 N–H and O–H groups in total. The summed E-state index contributed by atoms with van der Waals surface area (Å²) in [5, 5.41) is 4.08. The highest BCUT2D eigenvalue weighted by molar-refractivity contribution is 6.07. The number of aryl methyl sites for hydroxylation is 2. The second kappa shape index (κ2) is 9.40. The number of para-hydroxylation sites is 1. The Morgan fingerprint density at radius 2 is 1.73 bits per heavy atom. The van der Waals surface area contributed by atoms with Gasteiger partial charge >= 0.3 is 0 Å². The molecule has 30 heavy (non-hydrogen) atoms. The van der Waals surface area contributed by atoms with E-state index in [0.29, 0.717) is 12.1 Å². The minimum atomic E-state index is -0.00657. The summed E-state index contributed by atoms with van der Waals surface area (Å²) >= 11 is 0. The van der Waals surface area contributed by atoms with Crippen molar-refractivity contribution in [3.63, 3.8) is 0 Å². The molecule has 0 aliphatic carbocycles. The molecule has 1 aromatic heterocycles. The number of nitrogens with one attached hydrogen (secondary N) is 2. The van der Waals surface area contributed by atoms with Crippen molar-refractivity contribution in [2.75, 3.05) is 26.2 Å². The molecular formula is C26H32N3O+. The maximum atomic E-state index is 13.1. The predicted molar refractivity (Wildman–Crippen MR) is 123 cm³/mol. The van der Waals surface area contributed by atoms with E-state index in [-0.39, 0.29) is 5.91 Å². The van der Waals surface area contributed by atoms with Crippen LogP contribution in [0.15, 0.2) is 48.5 Å². The quantitative estimate of drug-likeness (QED) is 0.683. The van der Waals surface area contributed by atoms with E-state index in [1.807, 2.05) is 30.3 Å². The van der Waals surface area contributed by atoms with Gasteiger partial charge < -0.3 is 10.2 Å². The van der Waals surface area contributed by atoms with Crippen molar-refractivity contribution in [1.82, 2.24) is 10.3 Å². The molecule has 156 valence electrons. The van der Waals surface area contributed by atoms with Gasteiger partial charge in [0.2, 0.25) is 0 Å². The fourth-order valence-electron chi connectivity index (χ4n) is 4.34. The van der Waals surface area contributed by atoms with E-state index in [4.69, 9.17) is 4.98 Å². The smallest absolute Gasteiger partial charge is 0.252 e. The summed E-state index contributed by atoms with van der Waals surface area (Å²) in [5.74, 6) is -0.00657. The minimum absolute atomic E-state index is 0.00657. The number of nitrogens with zero attached hydrogens (tertiary/aromatic N) is 1. The molecule has 2 heterocycles. The number of rotatable bonds is 5. The van der Waals surface area contributed by atoms with Crippen LogP contribution in [0.5, 0.6) is 0 Å². The highest BCUT2D eigenvalue weighted by atomic mass is 16.1. The monoisotopic (exact) mass is 402 g/mol. The first-order valence-corrected chi connectivity index (χ1v) is 11.2. The summed E-state index contributed by atoms with van der Waals surface area (Å²) in [4.78, 5) is 19.6. The number of hydrogen-bond acceptors (Lipinski definition) is 2. The van der Waals surface area contributed by atoms with Gasteiger partial charge in [-0.05, 0) is 68.9 Å². The third-order valence-corrected chi connectivity index (χ3v) is 6.34. The Labute approximate surface area is 179 Å². The molecule has 4 rings (SSSR count). The number of benzene rings is 2. The Hall–Kier alpha value is -2.72. The number of pyridine rings is 1. The van der Waals surface area contributed by atoms with Gasteiger partial charge in [0, 0.05) is 10.9 Å². The molecule has 2 aromatic carbocycles. The van der Waals surface area contributed by atoms with E-state index in [1.54, 1.807) is 4.90 Å². The first kappa shape index (κ1) is 20.5. The predicted octanol–water partition coefficient (Wildman–Crippen LogP) is 3.71. The molecule has 1 fully saturated rings. The molecule has 4 heteroatoms. The lowest BCUT2D eigenvalue weighted by molar-refractivity contribution is -0.898. The average Bonchev–Trinajstić information content (AvgIpc) is 3.03. The van der Waals surface area contributed by atoms with E-state index in [0.717, 1.165) is 28.7 Å². The lowest BCUT2D eigenvalue weighted by atomic mass is 10.0. The molecule has 4 nitrogen and oxygen atoms in total. The van der Waals surface area contributed by atoms with Crippen LogP contribution in [0.1, 0.15) is 47.2 Å². The van der Waals surface area contributed by atoms with Crippen LogP contribution in [0, 0.1) is 13.8 Å². The van der Waals surface area contributed by atoms with Crippen molar-refractivity contribution < 1.29 is 9.69 Å². The number of quaternary nitrogens is 1. The molecule has 1 saturated heterocycles. The number of aromatic nitrogens is 1. The van der Waals surface area contributed by atoms with Crippen LogP contribution in [-0.2, 0) is 0 Å². The summed E-state index contributed by atoms with van der Waals surface area (Å²) in [7, 11) is 0. The van der Waals surface area contributed by atoms with Crippen LogP contribution in [0.2, 0.25) is 0 Å². The Kier molecular flexibility index (Phi) is 6.44. The third-order valence-electron chi connectivity index (χ3n) is 6.34. The second-order valence-electron chi connectivity index (χ2n) is 8.54. The molecule has 0 bridgehead atoms. The molecule has 3 aromatic rings. The van der Waals surface area contributed by atoms with Crippen LogP contribution in [0.25, 0.3) is 22.2 Å². The van der Waals surface area contributed by atoms with Gasteiger partial charge in [0.1, 0.15) is 0 Å². The fraction of sp³-hybridized carbons (Fsp3) is 0.385. The summed E-state index contributed by atoms with van der Waals surface area (Å²) in [6.07, 6.45) is 5.30. The van der Waals surface area contributed by atoms with Crippen LogP contribution in [-0.4, -0.2) is 37.1 Å².